The predicted molar refractivity (Wildman–Crippen MR) is 29.0 cm³/mol. The van der Waals surface area contributed by atoms with E-state index in [1.54, 1.807) is 0 Å². The van der Waals surface area contributed by atoms with Gasteiger partial charge in [0.25, 0.3) is 0 Å². The highest BCUT2D eigenvalue weighted by atomic mass is 16.3. The molecule has 7 heavy (non-hydrogen) atoms. The van der Waals surface area contributed by atoms with Crippen molar-refractivity contribution in [3.8, 4) is 0 Å². The minimum Gasteiger partial charge on any atom is -0.396 e. The summed E-state index contributed by atoms with van der Waals surface area (Å²) in [6, 6.07) is 0. The third-order valence-corrected chi connectivity index (χ3v) is 1.94. The Balaban J connectivity index is 2.30. The maximum absolute atomic E-state index is 8.54. The molecule has 1 aliphatic carbocycles. The van der Waals surface area contributed by atoms with Crippen molar-refractivity contribution in [2.75, 3.05) is 6.61 Å². The van der Waals surface area contributed by atoms with Crippen LogP contribution in [-0.4, -0.2) is 11.7 Å². The van der Waals surface area contributed by atoms with Crippen LogP contribution in [0.1, 0.15) is 20.3 Å². The molecule has 1 fully saturated rings. The Hall–Kier alpha value is -0.0400. The molecular formula is C6H12O. The first kappa shape index (κ1) is 5.10. The van der Waals surface area contributed by atoms with Crippen LogP contribution in [0.25, 0.3) is 0 Å². The zero-order chi connectivity index (χ0) is 5.49. The van der Waals surface area contributed by atoms with E-state index in [0.717, 1.165) is 0 Å². The van der Waals surface area contributed by atoms with Crippen LogP contribution in [0.4, 0.5) is 0 Å². The predicted octanol–water partition coefficient (Wildman–Crippen LogP) is 1.02. The van der Waals surface area contributed by atoms with E-state index in [1.165, 1.54) is 6.42 Å². The Morgan fingerprint density at radius 2 is 2.14 bits per heavy atom. The van der Waals surface area contributed by atoms with Gasteiger partial charge in [0.2, 0.25) is 0 Å². The third-order valence-electron chi connectivity index (χ3n) is 1.94. The fourth-order valence-corrected chi connectivity index (χ4v) is 0.888. The topological polar surface area (TPSA) is 20.2 Å². The quantitative estimate of drug-likeness (QED) is 0.521. The highest BCUT2D eigenvalue weighted by Gasteiger charge is 2.44. The molecule has 1 atom stereocenters. The Morgan fingerprint density at radius 1 is 1.71 bits per heavy atom. The van der Waals surface area contributed by atoms with Crippen LogP contribution >= 0.6 is 0 Å². The molecule has 1 N–H and O–H groups in total. The van der Waals surface area contributed by atoms with Gasteiger partial charge in [0.1, 0.15) is 0 Å². The van der Waals surface area contributed by atoms with Crippen molar-refractivity contribution >= 4 is 0 Å². The van der Waals surface area contributed by atoms with Crippen LogP contribution < -0.4 is 0 Å². The molecule has 1 rings (SSSR count). The second-order valence-electron chi connectivity index (χ2n) is 3.07. The highest BCUT2D eigenvalue weighted by Crippen LogP contribution is 2.50. The summed E-state index contributed by atoms with van der Waals surface area (Å²) in [5.41, 5.74) is 0.467. The van der Waals surface area contributed by atoms with Crippen molar-refractivity contribution in [2.24, 2.45) is 11.3 Å². The van der Waals surface area contributed by atoms with Crippen LogP contribution in [0.3, 0.4) is 0 Å². The molecule has 0 amide bonds. The Morgan fingerprint density at radius 3 is 2.14 bits per heavy atom. The fourth-order valence-electron chi connectivity index (χ4n) is 0.888. The van der Waals surface area contributed by atoms with Gasteiger partial charge in [-0.05, 0) is 17.8 Å². The van der Waals surface area contributed by atoms with Crippen molar-refractivity contribution in [3.63, 3.8) is 0 Å². The van der Waals surface area contributed by atoms with Crippen LogP contribution in [-0.2, 0) is 0 Å². The summed E-state index contributed by atoms with van der Waals surface area (Å²) in [6.45, 7) is 4.76. The summed E-state index contributed by atoms with van der Waals surface area (Å²) >= 11 is 0. The molecule has 0 spiro atoms. The van der Waals surface area contributed by atoms with Crippen molar-refractivity contribution in [3.05, 3.63) is 0 Å². The van der Waals surface area contributed by atoms with Crippen molar-refractivity contribution in [2.45, 2.75) is 20.3 Å². The molecule has 0 aromatic carbocycles. The minimum atomic E-state index is 0.382. The molecule has 0 aromatic rings. The molecule has 0 aromatic heterocycles. The van der Waals surface area contributed by atoms with Gasteiger partial charge in [-0.1, -0.05) is 13.8 Å². The molecule has 1 aliphatic rings. The lowest BCUT2D eigenvalue weighted by Gasteiger charge is -1.95. The van der Waals surface area contributed by atoms with Gasteiger partial charge < -0.3 is 5.11 Å². The largest absolute Gasteiger partial charge is 0.396 e. The number of hydrogen-bond acceptors (Lipinski definition) is 1. The smallest absolute Gasteiger partial charge is 0.0464 e. The van der Waals surface area contributed by atoms with E-state index in [-0.39, 0.29) is 0 Å². The highest BCUT2D eigenvalue weighted by molar-refractivity contribution is 4.94. The van der Waals surface area contributed by atoms with Crippen molar-refractivity contribution in [1.29, 1.82) is 0 Å². The molecular weight excluding hydrogens is 88.1 g/mol. The number of rotatable bonds is 1. The summed E-state index contributed by atoms with van der Waals surface area (Å²) in [7, 11) is 0. The van der Waals surface area contributed by atoms with E-state index >= 15 is 0 Å². The summed E-state index contributed by atoms with van der Waals surface area (Å²) in [5, 5.41) is 8.54. The van der Waals surface area contributed by atoms with Crippen molar-refractivity contribution < 1.29 is 5.11 Å². The van der Waals surface area contributed by atoms with E-state index in [9.17, 15) is 0 Å². The zero-order valence-corrected chi connectivity index (χ0v) is 4.94. The summed E-state index contributed by atoms with van der Waals surface area (Å²) < 4.78 is 0. The summed E-state index contributed by atoms with van der Waals surface area (Å²) in [4.78, 5) is 0. The SMILES string of the molecule is CC1(C)CC1CO. The molecule has 1 saturated carbocycles. The van der Waals surface area contributed by atoms with Crippen LogP contribution in [0, 0.1) is 11.3 Å². The van der Waals surface area contributed by atoms with Gasteiger partial charge in [0, 0.05) is 6.61 Å². The van der Waals surface area contributed by atoms with Gasteiger partial charge in [-0.2, -0.15) is 0 Å². The lowest BCUT2D eigenvalue weighted by Crippen LogP contribution is -1.93. The van der Waals surface area contributed by atoms with Crippen molar-refractivity contribution in [1.82, 2.24) is 0 Å². The molecule has 42 valence electrons. The first-order chi connectivity index (χ1) is 3.17. The van der Waals surface area contributed by atoms with E-state index in [1.807, 2.05) is 0 Å². The van der Waals surface area contributed by atoms with Gasteiger partial charge in [-0.15, -0.1) is 0 Å². The first-order valence-corrected chi connectivity index (χ1v) is 2.77. The summed E-state index contributed by atoms with van der Waals surface area (Å²) in [5.74, 6) is 0.604. The van der Waals surface area contributed by atoms with Gasteiger partial charge in [-0.3, -0.25) is 0 Å². The van der Waals surface area contributed by atoms with E-state index in [2.05, 4.69) is 13.8 Å². The Kier molecular flexibility index (Phi) is 0.890. The third kappa shape index (κ3) is 0.778. The normalized spacial score (nSPS) is 35.6. The number of aliphatic hydroxyl groups excluding tert-OH is 1. The van der Waals surface area contributed by atoms with Crippen LogP contribution in [0.5, 0.6) is 0 Å². The Bertz CT molecular complexity index is 76.2. The van der Waals surface area contributed by atoms with E-state index in [0.29, 0.717) is 17.9 Å². The average Bonchev–Trinajstić information content (AvgIpc) is 2.13. The van der Waals surface area contributed by atoms with E-state index < -0.39 is 0 Å². The molecule has 1 heteroatoms. The monoisotopic (exact) mass is 100 g/mol. The van der Waals surface area contributed by atoms with Gasteiger partial charge >= 0.3 is 0 Å². The fraction of sp³-hybridized carbons (Fsp3) is 1.00. The number of aliphatic hydroxyl groups is 1. The molecule has 0 aliphatic heterocycles. The zero-order valence-electron chi connectivity index (χ0n) is 4.94. The second kappa shape index (κ2) is 1.22. The maximum atomic E-state index is 8.54. The minimum absolute atomic E-state index is 0.382. The van der Waals surface area contributed by atoms with Crippen LogP contribution in [0.15, 0.2) is 0 Å². The summed E-state index contributed by atoms with van der Waals surface area (Å²) in [6.07, 6.45) is 1.21. The molecule has 1 nitrogen and oxygen atoms in total. The standard InChI is InChI=1S/C6H12O/c1-6(2)3-5(6)4-7/h5,7H,3-4H2,1-2H3. The van der Waals surface area contributed by atoms with Gasteiger partial charge in [0.15, 0.2) is 0 Å². The average molecular weight is 100 g/mol. The van der Waals surface area contributed by atoms with Crippen LogP contribution in [0.2, 0.25) is 0 Å². The molecule has 0 radical (unpaired) electrons. The molecule has 0 heterocycles. The maximum Gasteiger partial charge on any atom is 0.0464 e. The molecule has 0 saturated heterocycles. The first-order valence-electron chi connectivity index (χ1n) is 2.77. The lowest BCUT2D eigenvalue weighted by atomic mass is 10.1. The van der Waals surface area contributed by atoms with Gasteiger partial charge in [0.05, 0.1) is 0 Å². The van der Waals surface area contributed by atoms with E-state index in [4.69, 9.17) is 5.11 Å². The Labute approximate surface area is 44.4 Å². The molecule has 1 unspecified atom stereocenters. The number of hydrogen-bond donors (Lipinski definition) is 1. The second-order valence-corrected chi connectivity index (χ2v) is 3.07. The molecule has 0 bridgehead atoms. The van der Waals surface area contributed by atoms with Gasteiger partial charge in [-0.25, -0.2) is 0 Å². The lowest BCUT2D eigenvalue weighted by molar-refractivity contribution is 0.257.